The van der Waals surface area contributed by atoms with E-state index in [1.165, 1.54) is 0 Å². The van der Waals surface area contributed by atoms with Crippen LogP contribution in [0.3, 0.4) is 0 Å². The summed E-state index contributed by atoms with van der Waals surface area (Å²) in [5.41, 5.74) is 4.35. The predicted molar refractivity (Wildman–Crippen MR) is 142 cm³/mol. The molecule has 4 aromatic rings. The lowest BCUT2D eigenvalue weighted by Crippen LogP contribution is -2.36. The summed E-state index contributed by atoms with van der Waals surface area (Å²) in [5.74, 6) is 0. The third kappa shape index (κ3) is 5.00. The van der Waals surface area contributed by atoms with E-state index < -0.39 is 0 Å². The van der Waals surface area contributed by atoms with Gasteiger partial charge in [-0.3, -0.25) is 9.69 Å². The van der Waals surface area contributed by atoms with E-state index in [0.29, 0.717) is 24.8 Å². The topological polar surface area (TPSA) is 90.2 Å². The summed E-state index contributed by atoms with van der Waals surface area (Å²) in [4.78, 5) is 25.4. The maximum absolute atomic E-state index is 13.4. The lowest BCUT2D eigenvalue weighted by atomic mass is 10.0. The highest BCUT2D eigenvalue weighted by Gasteiger charge is 2.19. The summed E-state index contributed by atoms with van der Waals surface area (Å²) in [6.45, 7) is 3.81. The van der Waals surface area contributed by atoms with Crippen molar-refractivity contribution in [3.05, 3.63) is 82.0 Å². The minimum Gasteiger partial charge on any atom is -0.378 e. The Labute approximate surface area is 214 Å². The molecule has 5 rings (SSSR count). The van der Waals surface area contributed by atoms with Crippen molar-refractivity contribution >= 4 is 28.3 Å². The number of nitrogens with one attached hydrogen (secondary N) is 1. The molecule has 36 heavy (non-hydrogen) atoms. The first-order chi connectivity index (χ1) is 17.5. The van der Waals surface area contributed by atoms with Crippen LogP contribution in [0.2, 0.25) is 5.02 Å². The van der Waals surface area contributed by atoms with E-state index >= 15 is 0 Å². The van der Waals surface area contributed by atoms with Crippen molar-refractivity contribution in [1.29, 1.82) is 5.26 Å². The molecule has 1 N–H and O–H groups in total. The number of H-pyrrole nitrogens is 1. The average Bonchev–Trinajstić information content (AvgIpc) is 3.31. The van der Waals surface area contributed by atoms with Crippen molar-refractivity contribution in [3.8, 4) is 17.2 Å². The van der Waals surface area contributed by atoms with Gasteiger partial charge in [-0.05, 0) is 42.4 Å². The van der Waals surface area contributed by atoms with Gasteiger partial charge in [0.15, 0.2) is 0 Å². The molecule has 1 aliphatic heterocycles. The second-order valence-corrected chi connectivity index (χ2v) is 9.41. The SMILES string of the molecule is CN(CC#N)C[C@H](c1cccc(Cl)c1)n1ccc(-c2c[nH]c3ncc(N4CCOCC4)cc23)cc1=O. The Morgan fingerprint density at radius 2 is 2.08 bits per heavy atom. The van der Waals surface area contributed by atoms with E-state index in [0.717, 1.165) is 46.5 Å². The lowest BCUT2D eigenvalue weighted by molar-refractivity contribution is 0.122. The molecule has 0 saturated carbocycles. The largest absolute Gasteiger partial charge is 0.378 e. The molecular weight excluding hydrogens is 476 g/mol. The van der Waals surface area contributed by atoms with Gasteiger partial charge in [-0.1, -0.05) is 23.7 Å². The lowest BCUT2D eigenvalue weighted by Gasteiger charge is -2.28. The number of morpholine rings is 1. The van der Waals surface area contributed by atoms with Gasteiger partial charge in [0.1, 0.15) is 5.65 Å². The quantitative estimate of drug-likeness (QED) is 0.385. The monoisotopic (exact) mass is 502 g/mol. The molecule has 0 amide bonds. The molecule has 4 heterocycles. The van der Waals surface area contributed by atoms with Crippen molar-refractivity contribution in [3.63, 3.8) is 0 Å². The van der Waals surface area contributed by atoms with Gasteiger partial charge in [-0.2, -0.15) is 5.26 Å². The predicted octanol–water partition coefficient (Wildman–Crippen LogP) is 3.93. The highest BCUT2D eigenvalue weighted by Crippen LogP contribution is 2.30. The molecule has 1 fully saturated rings. The minimum atomic E-state index is -0.291. The van der Waals surface area contributed by atoms with Crippen LogP contribution in [0.25, 0.3) is 22.2 Å². The van der Waals surface area contributed by atoms with Crippen LogP contribution in [0.4, 0.5) is 5.69 Å². The van der Waals surface area contributed by atoms with Gasteiger partial charge in [0, 0.05) is 54.1 Å². The van der Waals surface area contributed by atoms with Gasteiger partial charge < -0.3 is 19.2 Å². The number of aromatic amines is 1. The molecule has 8 nitrogen and oxygen atoms in total. The minimum absolute atomic E-state index is 0.130. The number of hydrogen-bond acceptors (Lipinski definition) is 6. The van der Waals surface area contributed by atoms with Gasteiger partial charge in [-0.25, -0.2) is 4.98 Å². The van der Waals surface area contributed by atoms with E-state index in [1.54, 1.807) is 10.6 Å². The first-order valence-corrected chi connectivity index (χ1v) is 12.2. The normalized spacial score (nSPS) is 14.8. The van der Waals surface area contributed by atoms with Crippen molar-refractivity contribution in [2.45, 2.75) is 6.04 Å². The zero-order valence-electron chi connectivity index (χ0n) is 20.0. The number of hydrogen-bond donors (Lipinski definition) is 1. The molecule has 1 saturated heterocycles. The van der Waals surface area contributed by atoms with E-state index in [9.17, 15) is 4.79 Å². The van der Waals surface area contributed by atoms with Crippen molar-refractivity contribution in [1.82, 2.24) is 19.4 Å². The summed E-state index contributed by atoms with van der Waals surface area (Å²) in [5, 5.41) is 10.7. The Hall–Kier alpha value is -3.64. The zero-order chi connectivity index (χ0) is 25.1. The molecule has 0 unspecified atom stereocenters. The van der Waals surface area contributed by atoms with Crippen LogP contribution in [-0.2, 0) is 4.74 Å². The summed E-state index contributed by atoms with van der Waals surface area (Å²) in [6, 6.07) is 15.1. The Bertz CT molecular complexity index is 1470. The van der Waals surface area contributed by atoms with E-state index in [2.05, 4.69) is 27.0 Å². The Kier molecular flexibility index (Phi) is 7.05. The number of anilines is 1. The van der Waals surface area contributed by atoms with E-state index in [4.69, 9.17) is 21.6 Å². The van der Waals surface area contributed by atoms with Crippen LogP contribution < -0.4 is 10.5 Å². The highest BCUT2D eigenvalue weighted by atomic mass is 35.5. The molecule has 184 valence electrons. The van der Waals surface area contributed by atoms with Crippen LogP contribution in [0.15, 0.2) is 65.8 Å². The third-order valence-corrected chi connectivity index (χ3v) is 6.78. The number of likely N-dealkylation sites (N-methyl/N-ethyl adjacent to an activating group) is 1. The van der Waals surface area contributed by atoms with Gasteiger partial charge in [-0.15, -0.1) is 0 Å². The van der Waals surface area contributed by atoms with Gasteiger partial charge >= 0.3 is 0 Å². The number of halogens is 1. The number of pyridine rings is 2. The second kappa shape index (κ2) is 10.5. The van der Waals surface area contributed by atoms with Crippen molar-refractivity contribution in [2.75, 3.05) is 51.3 Å². The van der Waals surface area contributed by atoms with Crippen LogP contribution >= 0.6 is 11.6 Å². The van der Waals surface area contributed by atoms with Crippen molar-refractivity contribution in [2.24, 2.45) is 0 Å². The second-order valence-electron chi connectivity index (χ2n) is 8.98. The first-order valence-electron chi connectivity index (χ1n) is 11.9. The number of nitriles is 1. The Morgan fingerprint density at radius 3 is 2.83 bits per heavy atom. The number of rotatable bonds is 7. The molecule has 1 aliphatic rings. The van der Waals surface area contributed by atoms with E-state index in [1.807, 2.05) is 60.9 Å². The number of aromatic nitrogens is 3. The average molecular weight is 503 g/mol. The van der Waals surface area contributed by atoms with Crippen LogP contribution in [-0.4, -0.2) is 65.9 Å². The van der Waals surface area contributed by atoms with Crippen LogP contribution in [0.5, 0.6) is 0 Å². The maximum atomic E-state index is 13.4. The summed E-state index contributed by atoms with van der Waals surface area (Å²) < 4.78 is 7.18. The maximum Gasteiger partial charge on any atom is 0.251 e. The van der Waals surface area contributed by atoms with Gasteiger partial charge in [0.2, 0.25) is 0 Å². The Balaban J connectivity index is 1.51. The van der Waals surface area contributed by atoms with Gasteiger partial charge in [0.05, 0.1) is 43.8 Å². The van der Waals surface area contributed by atoms with Gasteiger partial charge in [0.25, 0.3) is 5.56 Å². The summed E-state index contributed by atoms with van der Waals surface area (Å²) in [6.07, 6.45) is 5.59. The van der Waals surface area contributed by atoms with E-state index in [-0.39, 0.29) is 18.1 Å². The molecule has 1 atom stereocenters. The number of nitrogens with zero attached hydrogens (tertiary/aromatic N) is 5. The fourth-order valence-electron chi connectivity index (χ4n) is 4.69. The summed E-state index contributed by atoms with van der Waals surface area (Å²) in [7, 11) is 1.87. The molecular formula is C27H27ClN6O2. The molecule has 3 aromatic heterocycles. The zero-order valence-corrected chi connectivity index (χ0v) is 20.8. The van der Waals surface area contributed by atoms with Crippen LogP contribution in [0.1, 0.15) is 11.6 Å². The number of ether oxygens (including phenoxy) is 1. The highest BCUT2D eigenvalue weighted by molar-refractivity contribution is 6.30. The van der Waals surface area contributed by atoms with Crippen molar-refractivity contribution < 1.29 is 4.74 Å². The molecule has 0 bridgehead atoms. The molecule has 0 radical (unpaired) electrons. The smallest absolute Gasteiger partial charge is 0.251 e. The first kappa shape index (κ1) is 24.1. The Morgan fingerprint density at radius 1 is 1.25 bits per heavy atom. The number of fused-ring (bicyclic) bond motifs is 1. The van der Waals surface area contributed by atoms with Crippen LogP contribution in [0, 0.1) is 11.3 Å². The molecule has 0 spiro atoms. The molecule has 9 heteroatoms. The molecule has 0 aliphatic carbocycles. The fraction of sp³-hybridized carbons (Fsp3) is 0.296. The fourth-order valence-corrected chi connectivity index (χ4v) is 4.89. The summed E-state index contributed by atoms with van der Waals surface area (Å²) >= 11 is 6.26. The third-order valence-electron chi connectivity index (χ3n) is 6.55. The molecule has 1 aromatic carbocycles. The standard InChI is InChI=1S/C27H27ClN6O2/c1-32(8-6-29)18-25(20-3-2-4-21(28)13-20)34-7-5-19(14-26(34)35)24-17-31-27-23(24)15-22(16-30-27)33-9-11-36-12-10-33/h2-5,7,13-17,25H,8-12,18H2,1H3,(H,30,31)/t25-/m1/s1. The number of benzene rings is 1.